The molecule has 0 N–H and O–H groups in total. The zero-order valence-corrected chi connectivity index (χ0v) is 18.2. The van der Waals surface area contributed by atoms with Crippen LogP contribution in [-0.4, -0.2) is 9.65 Å². The maximum absolute atomic E-state index is 3.76. The highest BCUT2D eigenvalue weighted by Crippen LogP contribution is 2.34. The van der Waals surface area contributed by atoms with E-state index in [1.165, 1.54) is 77.0 Å². The summed E-state index contributed by atoms with van der Waals surface area (Å²) in [5.74, 6) is 3.45. The number of rotatable bonds is 4. The molecule has 0 aliphatic heterocycles. The van der Waals surface area contributed by atoms with Crippen LogP contribution in [0.25, 0.3) is 0 Å². The first-order valence-electron chi connectivity index (χ1n) is 10.3. The summed E-state index contributed by atoms with van der Waals surface area (Å²) in [5.41, 5.74) is 0. The van der Waals surface area contributed by atoms with Gasteiger partial charge in [0.1, 0.15) is 0 Å². The molecule has 0 spiro atoms. The van der Waals surface area contributed by atoms with Gasteiger partial charge in [0.25, 0.3) is 0 Å². The molecule has 3 fully saturated rings. The van der Waals surface area contributed by atoms with Crippen LogP contribution in [0.2, 0.25) is 0 Å². The Kier molecular flexibility index (Phi) is 7.96. The van der Waals surface area contributed by atoms with Crippen molar-refractivity contribution in [2.24, 2.45) is 23.7 Å². The minimum absolute atomic E-state index is 0.786. The number of hydrogen-bond acceptors (Lipinski definition) is 0. The van der Waals surface area contributed by atoms with Gasteiger partial charge in [0, 0.05) is 9.65 Å². The maximum atomic E-state index is 3.76. The highest BCUT2D eigenvalue weighted by molar-refractivity contribution is 9.09. The third kappa shape index (κ3) is 6.31. The van der Waals surface area contributed by atoms with E-state index in [2.05, 4.69) is 56.2 Å². The molecule has 0 aromatic heterocycles. The number of alkyl halides is 2. The van der Waals surface area contributed by atoms with Gasteiger partial charge in [0.2, 0.25) is 0 Å². The summed E-state index contributed by atoms with van der Waals surface area (Å²) in [7, 11) is 0. The second kappa shape index (κ2) is 9.95. The zero-order chi connectivity index (χ0) is 16.8. The molecule has 0 unspecified atom stereocenters. The highest BCUT2D eigenvalue weighted by atomic mass is 79.9. The van der Waals surface area contributed by atoms with Crippen molar-refractivity contribution < 1.29 is 0 Å². The first kappa shape index (κ1) is 19.2. The molecular weight excluding hydrogens is 424 g/mol. The zero-order valence-electron chi connectivity index (χ0n) is 15.0. The molecule has 0 atom stereocenters. The van der Waals surface area contributed by atoms with Gasteiger partial charge in [-0.05, 0) is 101 Å². The molecule has 0 heterocycles. The largest absolute Gasteiger partial charge is 0.0891 e. The van der Waals surface area contributed by atoms with Crippen molar-refractivity contribution in [2.45, 2.75) is 86.7 Å². The number of hydrogen-bond donors (Lipinski definition) is 0. The Hall–Kier alpha value is 0.440. The average molecular weight is 458 g/mol. The Labute approximate surface area is 166 Å². The normalized spacial score (nSPS) is 41.9. The summed E-state index contributed by atoms with van der Waals surface area (Å²) in [5, 5.41) is 0. The quantitative estimate of drug-likeness (QED) is 0.298. The highest BCUT2D eigenvalue weighted by Gasteiger charge is 2.21. The van der Waals surface area contributed by atoms with Gasteiger partial charge in [-0.25, -0.2) is 0 Å². The van der Waals surface area contributed by atoms with Crippen molar-refractivity contribution >= 4 is 31.9 Å². The minimum atomic E-state index is 0.786. The second-order valence-electron chi connectivity index (χ2n) is 8.47. The van der Waals surface area contributed by atoms with Crippen molar-refractivity contribution in [3.8, 4) is 0 Å². The molecule has 3 aliphatic carbocycles. The first-order chi connectivity index (χ1) is 11.7. The van der Waals surface area contributed by atoms with Crippen LogP contribution < -0.4 is 0 Å². The van der Waals surface area contributed by atoms with Crippen molar-refractivity contribution in [2.75, 3.05) is 0 Å². The van der Waals surface area contributed by atoms with Crippen molar-refractivity contribution in [1.82, 2.24) is 0 Å². The second-order valence-corrected chi connectivity index (χ2v) is 11.1. The van der Waals surface area contributed by atoms with Gasteiger partial charge < -0.3 is 0 Å². The van der Waals surface area contributed by atoms with Crippen molar-refractivity contribution in [3.63, 3.8) is 0 Å². The molecule has 136 valence electrons. The summed E-state index contributed by atoms with van der Waals surface area (Å²) in [6, 6.07) is 0. The number of halogens is 2. The predicted molar refractivity (Wildman–Crippen MR) is 113 cm³/mol. The summed E-state index contributed by atoms with van der Waals surface area (Å²) in [6.07, 6.45) is 27.0. The van der Waals surface area contributed by atoms with Crippen LogP contribution in [0.1, 0.15) is 77.0 Å². The first-order valence-corrected chi connectivity index (χ1v) is 12.2. The average Bonchev–Trinajstić information content (AvgIpc) is 2.62. The van der Waals surface area contributed by atoms with E-state index in [1.807, 2.05) is 0 Å². The summed E-state index contributed by atoms with van der Waals surface area (Å²) < 4.78 is 0. The molecule has 2 heteroatoms. The molecule has 0 saturated heterocycles. The summed E-state index contributed by atoms with van der Waals surface area (Å²) >= 11 is 7.53. The van der Waals surface area contributed by atoms with E-state index in [4.69, 9.17) is 0 Å². The lowest BCUT2D eigenvalue weighted by Crippen LogP contribution is -2.15. The Morgan fingerprint density at radius 1 is 0.375 bits per heavy atom. The van der Waals surface area contributed by atoms with Gasteiger partial charge in [0.15, 0.2) is 0 Å². The van der Waals surface area contributed by atoms with E-state index in [0.29, 0.717) is 0 Å². The fraction of sp³-hybridized carbons (Fsp3) is 0.818. The summed E-state index contributed by atoms with van der Waals surface area (Å²) in [6.45, 7) is 0. The van der Waals surface area contributed by atoms with Crippen LogP contribution in [0, 0.1) is 23.7 Å². The fourth-order valence-corrected chi connectivity index (χ4v) is 5.76. The molecule has 0 aromatic carbocycles. The Morgan fingerprint density at radius 2 is 0.583 bits per heavy atom. The molecule has 0 bridgehead atoms. The molecule has 0 radical (unpaired) electrons. The molecule has 3 aliphatic rings. The van der Waals surface area contributed by atoms with Crippen molar-refractivity contribution in [1.29, 1.82) is 0 Å². The van der Waals surface area contributed by atoms with E-state index in [9.17, 15) is 0 Å². The smallest absolute Gasteiger partial charge is 0.0146 e. The SMILES string of the molecule is BrC1CCC(/C=C/C2CCC(/C=C/C3CCC(Br)CC3)CC2)CC1. The molecule has 24 heavy (non-hydrogen) atoms. The Morgan fingerprint density at radius 3 is 0.833 bits per heavy atom. The van der Waals surface area contributed by atoms with E-state index in [1.54, 1.807) is 0 Å². The monoisotopic (exact) mass is 456 g/mol. The molecule has 0 amide bonds. The molecule has 0 nitrogen and oxygen atoms in total. The minimum Gasteiger partial charge on any atom is -0.0891 e. The van der Waals surface area contributed by atoms with Crippen LogP contribution in [0.4, 0.5) is 0 Å². The van der Waals surface area contributed by atoms with Gasteiger partial charge in [-0.1, -0.05) is 56.2 Å². The molecular formula is C22H34Br2. The summed E-state index contributed by atoms with van der Waals surface area (Å²) in [4.78, 5) is 1.57. The van der Waals surface area contributed by atoms with E-state index >= 15 is 0 Å². The Bertz CT molecular complexity index is 364. The number of allylic oxidation sites excluding steroid dienone is 4. The van der Waals surface area contributed by atoms with E-state index < -0.39 is 0 Å². The standard InChI is InChI=1S/C22H34Br2/c23-21-13-9-19(10-14-21)7-5-17-1-2-18(4-3-17)6-8-20-11-15-22(24)16-12-20/h5-8,17-22H,1-4,9-16H2/b7-5+,8-6+. The van der Waals surface area contributed by atoms with Gasteiger partial charge in [0.05, 0.1) is 0 Å². The third-order valence-electron chi connectivity index (χ3n) is 6.53. The van der Waals surface area contributed by atoms with E-state index in [0.717, 1.165) is 33.3 Å². The molecule has 3 rings (SSSR count). The van der Waals surface area contributed by atoms with Gasteiger partial charge in [-0.2, -0.15) is 0 Å². The van der Waals surface area contributed by atoms with E-state index in [-0.39, 0.29) is 0 Å². The fourth-order valence-electron chi connectivity index (χ4n) is 4.70. The van der Waals surface area contributed by atoms with Crippen LogP contribution >= 0.6 is 31.9 Å². The van der Waals surface area contributed by atoms with Gasteiger partial charge in [-0.15, -0.1) is 0 Å². The van der Waals surface area contributed by atoms with Crippen LogP contribution in [0.3, 0.4) is 0 Å². The predicted octanol–water partition coefficient (Wildman–Crippen LogP) is 7.81. The van der Waals surface area contributed by atoms with Crippen molar-refractivity contribution in [3.05, 3.63) is 24.3 Å². The maximum Gasteiger partial charge on any atom is 0.0146 e. The van der Waals surface area contributed by atoms with Gasteiger partial charge in [-0.3, -0.25) is 0 Å². The molecule has 0 aromatic rings. The lowest BCUT2D eigenvalue weighted by Gasteiger charge is -2.27. The lowest BCUT2D eigenvalue weighted by atomic mass is 9.79. The van der Waals surface area contributed by atoms with Crippen LogP contribution in [0.15, 0.2) is 24.3 Å². The van der Waals surface area contributed by atoms with Crippen LogP contribution in [0.5, 0.6) is 0 Å². The third-order valence-corrected chi connectivity index (χ3v) is 8.36. The molecule has 3 saturated carbocycles. The van der Waals surface area contributed by atoms with Gasteiger partial charge >= 0.3 is 0 Å². The lowest BCUT2D eigenvalue weighted by molar-refractivity contribution is 0.350. The topological polar surface area (TPSA) is 0 Å². The van der Waals surface area contributed by atoms with Crippen LogP contribution in [-0.2, 0) is 0 Å². The Balaban J connectivity index is 1.35.